The van der Waals surface area contributed by atoms with Crippen molar-refractivity contribution in [1.29, 1.82) is 0 Å². The molecule has 0 saturated carbocycles. The number of ether oxygens (including phenoxy) is 2. The molecule has 30 heavy (non-hydrogen) atoms. The van der Waals surface area contributed by atoms with Crippen molar-refractivity contribution in [2.24, 2.45) is 0 Å². The molecule has 3 heterocycles. The molecule has 3 unspecified atom stereocenters. The van der Waals surface area contributed by atoms with Crippen LogP contribution in [-0.4, -0.2) is 47.2 Å². The summed E-state index contributed by atoms with van der Waals surface area (Å²) in [5.41, 5.74) is 1.71. The standard InChI is InChI=1S/C20H23F3N4O3/c1-11(2)27-16(8-17(26-27)29-10-20(21,22)23)19(28)25-13-5-3-12(4-6-13)18-15-7-14(30-18)9-24-15/h3-6,8,11,14-15,18,24H,7,9-10H2,1-2H3,(H,25,28). The fourth-order valence-corrected chi connectivity index (χ4v) is 3.79. The van der Waals surface area contributed by atoms with Gasteiger partial charge in [-0.25, -0.2) is 0 Å². The van der Waals surface area contributed by atoms with Gasteiger partial charge in [0.25, 0.3) is 5.91 Å². The van der Waals surface area contributed by atoms with E-state index < -0.39 is 18.7 Å². The van der Waals surface area contributed by atoms with Crippen molar-refractivity contribution in [1.82, 2.24) is 15.1 Å². The third-order valence-electron chi connectivity index (χ3n) is 5.14. The molecule has 4 rings (SSSR count). The summed E-state index contributed by atoms with van der Waals surface area (Å²) in [5.74, 6) is -0.730. The topological polar surface area (TPSA) is 77.4 Å². The lowest BCUT2D eigenvalue weighted by atomic mass is 10.0. The van der Waals surface area contributed by atoms with Crippen LogP contribution in [0.15, 0.2) is 30.3 Å². The van der Waals surface area contributed by atoms with Gasteiger partial charge in [-0.3, -0.25) is 9.48 Å². The van der Waals surface area contributed by atoms with Crippen LogP contribution in [0.4, 0.5) is 18.9 Å². The van der Waals surface area contributed by atoms with Crippen LogP contribution in [0.2, 0.25) is 0 Å². The predicted molar refractivity (Wildman–Crippen MR) is 103 cm³/mol. The number of nitrogens with zero attached hydrogens (tertiary/aromatic N) is 2. The second-order valence-corrected chi connectivity index (χ2v) is 7.82. The fourth-order valence-electron chi connectivity index (χ4n) is 3.79. The Hall–Kier alpha value is -2.59. The molecule has 2 aliphatic heterocycles. The van der Waals surface area contributed by atoms with Crippen molar-refractivity contribution < 1.29 is 27.4 Å². The van der Waals surface area contributed by atoms with E-state index in [1.165, 1.54) is 10.7 Å². The van der Waals surface area contributed by atoms with Crippen molar-refractivity contribution in [2.45, 2.75) is 50.7 Å². The molecule has 162 valence electrons. The van der Waals surface area contributed by atoms with Gasteiger partial charge in [0.15, 0.2) is 6.61 Å². The lowest BCUT2D eigenvalue weighted by Crippen LogP contribution is -2.33. The van der Waals surface area contributed by atoms with Gasteiger partial charge in [-0.05, 0) is 38.0 Å². The van der Waals surface area contributed by atoms with E-state index in [0.29, 0.717) is 11.7 Å². The first-order chi connectivity index (χ1) is 14.2. The number of rotatable bonds is 6. The van der Waals surface area contributed by atoms with Crippen LogP contribution in [0.3, 0.4) is 0 Å². The summed E-state index contributed by atoms with van der Waals surface area (Å²) in [4.78, 5) is 12.7. The average Bonchev–Trinajstić information content (AvgIpc) is 3.41. The highest BCUT2D eigenvalue weighted by Crippen LogP contribution is 2.37. The number of carbonyl (C=O) groups excluding carboxylic acids is 1. The van der Waals surface area contributed by atoms with Gasteiger partial charge in [-0.2, -0.15) is 13.2 Å². The Morgan fingerprint density at radius 3 is 2.67 bits per heavy atom. The van der Waals surface area contributed by atoms with Gasteiger partial charge in [0.05, 0.1) is 12.2 Å². The zero-order chi connectivity index (χ0) is 21.5. The Bertz CT molecular complexity index is 911. The number of aromatic nitrogens is 2. The summed E-state index contributed by atoms with van der Waals surface area (Å²) in [6.07, 6.45) is -3.22. The Morgan fingerprint density at radius 1 is 1.37 bits per heavy atom. The summed E-state index contributed by atoms with van der Waals surface area (Å²) in [5, 5.41) is 10.2. The van der Waals surface area contributed by atoms with Crippen molar-refractivity contribution in [3.05, 3.63) is 41.6 Å². The molecule has 2 aromatic rings. The maximum Gasteiger partial charge on any atom is 0.422 e. The van der Waals surface area contributed by atoms with Crippen molar-refractivity contribution in [2.75, 3.05) is 18.5 Å². The number of anilines is 1. The SMILES string of the molecule is CC(C)n1nc(OCC(F)(F)F)cc1C(=O)Nc1ccc(C2OC3CNC2C3)cc1. The maximum absolute atomic E-state index is 12.7. The van der Waals surface area contributed by atoms with E-state index in [9.17, 15) is 18.0 Å². The van der Waals surface area contributed by atoms with Gasteiger partial charge < -0.3 is 20.1 Å². The molecule has 1 aromatic heterocycles. The predicted octanol–water partition coefficient (Wildman–Crippen LogP) is 3.46. The third-order valence-corrected chi connectivity index (χ3v) is 5.14. The second-order valence-electron chi connectivity index (χ2n) is 7.82. The number of alkyl halides is 3. The zero-order valence-corrected chi connectivity index (χ0v) is 16.6. The molecule has 3 atom stereocenters. The van der Waals surface area contributed by atoms with Crippen LogP contribution in [0.25, 0.3) is 0 Å². The zero-order valence-electron chi connectivity index (χ0n) is 16.6. The molecule has 10 heteroatoms. The number of nitrogens with one attached hydrogen (secondary N) is 2. The van der Waals surface area contributed by atoms with Crippen LogP contribution in [-0.2, 0) is 4.74 Å². The number of carbonyl (C=O) groups is 1. The summed E-state index contributed by atoms with van der Waals surface area (Å²) in [6.45, 7) is 2.96. The Labute approximate surface area is 171 Å². The first-order valence-electron chi connectivity index (χ1n) is 9.79. The lowest BCUT2D eigenvalue weighted by Gasteiger charge is -2.23. The quantitative estimate of drug-likeness (QED) is 0.743. The molecule has 2 saturated heterocycles. The molecular formula is C20H23F3N4O3. The van der Waals surface area contributed by atoms with Gasteiger partial charge in [0.2, 0.25) is 5.88 Å². The molecule has 0 spiro atoms. The number of morpholine rings is 1. The number of halogens is 3. The number of hydrogen-bond donors (Lipinski definition) is 2. The maximum atomic E-state index is 12.7. The minimum atomic E-state index is -4.48. The number of hydrogen-bond acceptors (Lipinski definition) is 5. The third kappa shape index (κ3) is 4.44. The van der Waals surface area contributed by atoms with E-state index in [0.717, 1.165) is 18.5 Å². The van der Waals surface area contributed by atoms with E-state index >= 15 is 0 Å². The summed E-state index contributed by atoms with van der Waals surface area (Å²) < 4.78 is 49.2. The molecule has 0 radical (unpaired) electrons. The minimum absolute atomic E-state index is 0.00390. The van der Waals surface area contributed by atoms with Crippen LogP contribution in [0.1, 0.15) is 48.5 Å². The number of benzene rings is 1. The van der Waals surface area contributed by atoms with Crippen molar-refractivity contribution in [3.63, 3.8) is 0 Å². The Morgan fingerprint density at radius 2 is 2.10 bits per heavy atom. The number of fused-ring (bicyclic) bond motifs is 2. The highest BCUT2D eigenvalue weighted by molar-refractivity contribution is 6.03. The van der Waals surface area contributed by atoms with E-state index in [2.05, 4.69) is 20.5 Å². The highest BCUT2D eigenvalue weighted by atomic mass is 19.4. The summed E-state index contributed by atoms with van der Waals surface area (Å²) >= 11 is 0. The summed E-state index contributed by atoms with van der Waals surface area (Å²) in [7, 11) is 0. The molecular weight excluding hydrogens is 401 g/mol. The molecule has 2 fully saturated rings. The molecule has 0 aliphatic carbocycles. The number of amides is 1. The van der Waals surface area contributed by atoms with E-state index in [-0.39, 0.29) is 29.8 Å². The van der Waals surface area contributed by atoms with Gasteiger partial charge >= 0.3 is 6.18 Å². The Kier molecular flexibility index (Phi) is 5.46. The largest absolute Gasteiger partial charge is 0.467 e. The van der Waals surface area contributed by atoms with Crippen LogP contribution in [0.5, 0.6) is 5.88 Å². The van der Waals surface area contributed by atoms with E-state index in [4.69, 9.17) is 4.74 Å². The Balaban J connectivity index is 1.44. The smallest absolute Gasteiger partial charge is 0.422 e. The first-order valence-corrected chi connectivity index (χ1v) is 9.79. The first kappa shape index (κ1) is 20.7. The second kappa shape index (κ2) is 7.92. The molecule has 2 N–H and O–H groups in total. The fraction of sp³-hybridized carbons (Fsp3) is 0.500. The van der Waals surface area contributed by atoms with Crippen LogP contribution in [0, 0.1) is 0 Å². The lowest BCUT2D eigenvalue weighted by molar-refractivity contribution is -0.154. The molecule has 1 amide bonds. The van der Waals surface area contributed by atoms with Gasteiger partial charge in [-0.1, -0.05) is 12.1 Å². The van der Waals surface area contributed by atoms with E-state index in [1.54, 1.807) is 26.0 Å². The minimum Gasteiger partial charge on any atom is -0.467 e. The summed E-state index contributed by atoms with van der Waals surface area (Å²) in [6, 6.07) is 8.65. The van der Waals surface area contributed by atoms with Gasteiger partial charge in [0.1, 0.15) is 5.69 Å². The van der Waals surface area contributed by atoms with Crippen molar-refractivity contribution in [3.8, 4) is 5.88 Å². The molecule has 7 nitrogen and oxygen atoms in total. The molecule has 1 aromatic carbocycles. The average molecular weight is 424 g/mol. The van der Waals surface area contributed by atoms with Gasteiger partial charge in [0, 0.05) is 30.4 Å². The van der Waals surface area contributed by atoms with Crippen molar-refractivity contribution >= 4 is 11.6 Å². The normalized spacial score (nSPS) is 23.2. The van der Waals surface area contributed by atoms with Crippen LogP contribution >= 0.6 is 0 Å². The highest BCUT2D eigenvalue weighted by Gasteiger charge is 2.41. The molecule has 2 aliphatic rings. The monoisotopic (exact) mass is 424 g/mol. The van der Waals surface area contributed by atoms with E-state index in [1.807, 2.05) is 12.1 Å². The van der Waals surface area contributed by atoms with Crippen LogP contribution < -0.4 is 15.4 Å². The molecule has 2 bridgehead atoms. The van der Waals surface area contributed by atoms with Gasteiger partial charge in [-0.15, -0.1) is 5.10 Å².